The molecular weight excluding hydrogens is 449 g/mol. The second-order valence-corrected chi connectivity index (χ2v) is 8.76. The van der Waals surface area contributed by atoms with Crippen molar-refractivity contribution in [2.75, 3.05) is 25.5 Å². The highest BCUT2D eigenvalue weighted by atomic mass is 35.5. The van der Waals surface area contributed by atoms with Gasteiger partial charge in [0.2, 0.25) is 0 Å². The lowest BCUT2D eigenvalue weighted by Gasteiger charge is -2.27. The van der Waals surface area contributed by atoms with Crippen molar-refractivity contribution >= 4 is 29.0 Å². The number of hydrogen-bond donors (Lipinski definition) is 2. The van der Waals surface area contributed by atoms with Crippen LogP contribution in [0.3, 0.4) is 0 Å². The van der Waals surface area contributed by atoms with Crippen molar-refractivity contribution in [3.63, 3.8) is 0 Å². The molecule has 0 unspecified atom stereocenters. The number of aryl methyl sites for hydroxylation is 2. The first-order valence-electron chi connectivity index (χ1n) is 10.8. The van der Waals surface area contributed by atoms with Gasteiger partial charge >= 0.3 is 0 Å². The topological polar surface area (TPSA) is 85.1 Å². The minimum Gasteiger partial charge on any atom is -0.494 e. The Hall–Kier alpha value is -2.35. The Balaban J connectivity index is 1.76. The van der Waals surface area contributed by atoms with Gasteiger partial charge in [-0.15, -0.1) is 0 Å². The third-order valence-corrected chi connectivity index (χ3v) is 6.27. The molecule has 2 N–H and O–H groups in total. The smallest absolute Gasteiger partial charge is 0.163 e. The molecule has 0 radical (unpaired) electrons. The van der Waals surface area contributed by atoms with Crippen LogP contribution in [-0.2, 0) is 0 Å². The Morgan fingerprint density at radius 3 is 2.66 bits per heavy atom. The van der Waals surface area contributed by atoms with Crippen molar-refractivity contribution in [3.8, 4) is 28.4 Å². The summed E-state index contributed by atoms with van der Waals surface area (Å²) in [5, 5.41) is 11.6. The molecule has 1 saturated carbocycles. The van der Waals surface area contributed by atoms with Gasteiger partial charge in [0.25, 0.3) is 0 Å². The average Bonchev–Trinajstić information content (AvgIpc) is 3.08. The third-order valence-electron chi connectivity index (χ3n) is 5.59. The van der Waals surface area contributed by atoms with Gasteiger partial charge in [-0.25, -0.2) is 9.97 Å². The van der Waals surface area contributed by atoms with Gasteiger partial charge in [0, 0.05) is 11.6 Å². The summed E-state index contributed by atoms with van der Waals surface area (Å²) in [5.74, 6) is 2.42. The van der Waals surface area contributed by atoms with Crippen LogP contribution in [0.1, 0.15) is 37.1 Å². The Morgan fingerprint density at radius 2 is 2.00 bits per heavy atom. The highest BCUT2D eigenvalue weighted by Gasteiger charge is 2.25. The second kappa shape index (κ2) is 10.1. The molecule has 0 aliphatic heterocycles. The minimum atomic E-state index is 0.352. The van der Waals surface area contributed by atoms with E-state index in [1.807, 2.05) is 33.0 Å². The van der Waals surface area contributed by atoms with Crippen LogP contribution in [0.2, 0.25) is 10.0 Å². The minimum absolute atomic E-state index is 0.352. The van der Waals surface area contributed by atoms with Gasteiger partial charge in [0.05, 0.1) is 22.9 Å². The lowest BCUT2D eigenvalue weighted by Crippen LogP contribution is -2.27. The van der Waals surface area contributed by atoms with Crippen molar-refractivity contribution in [2.24, 2.45) is 0 Å². The van der Waals surface area contributed by atoms with Crippen LogP contribution in [-0.4, -0.2) is 41.4 Å². The largest absolute Gasteiger partial charge is 0.494 e. The summed E-state index contributed by atoms with van der Waals surface area (Å²) in [6, 6.07) is 5.88. The normalized spacial score (nSPS) is 13.8. The molecule has 0 saturated heterocycles. The molecule has 2 aromatic heterocycles. The van der Waals surface area contributed by atoms with Crippen LogP contribution in [0.15, 0.2) is 22.7 Å². The first-order valence-corrected chi connectivity index (χ1v) is 11.6. The molecule has 0 spiro atoms. The number of nitrogens with one attached hydrogen (secondary N) is 2. The predicted molar refractivity (Wildman–Crippen MR) is 128 cm³/mol. The average molecular weight is 476 g/mol. The molecule has 1 fully saturated rings. The number of ether oxygens (including phenoxy) is 1. The molecular formula is C23H27Cl2N5O2. The van der Waals surface area contributed by atoms with Crippen LogP contribution in [0.4, 0.5) is 5.82 Å². The molecule has 2 heterocycles. The second-order valence-electron chi connectivity index (χ2n) is 7.98. The molecule has 3 aromatic rings. The van der Waals surface area contributed by atoms with Crippen molar-refractivity contribution in [1.82, 2.24) is 20.4 Å². The van der Waals surface area contributed by atoms with Crippen molar-refractivity contribution < 1.29 is 9.26 Å². The number of benzene rings is 1. The fourth-order valence-corrected chi connectivity index (χ4v) is 4.04. The highest BCUT2D eigenvalue weighted by molar-refractivity contribution is 6.35. The number of anilines is 1. The fraction of sp³-hybridized carbons (Fsp3) is 0.435. The summed E-state index contributed by atoms with van der Waals surface area (Å²) in [6.45, 7) is 5.20. The summed E-state index contributed by atoms with van der Waals surface area (Å²) in [4.78, 5) is 9.55. The first kappa shape index (κ1) is 22.8. The van der Waals surface area contributed by atoms with Gasteiger partial charge < -0.3 is 19.9 Å². The lowest BCUT2D eigenvalue weighted by atomic mass is 9.93. The van der Waals surface area contributed by atoms with E-state index < -0.39 is 0 Å². The zero-order valence-corrected chi connectivity index (χ0v) is 20.0. The zero-order valence-electron chi connectivity index (χ0n) is 18.5. The fourth-order valence-electron chi connectivity index (χ4n) is 3.60. The molecule has 1 aliphatic rings. The van der Waals surface area contributed by atoms with Crippen LogP contribution in [0.25, 0.3) is 22.6 Å². The number of halogens is 2. The number of hydrogen-bond acceptors (Lipinski definition) is 7. The summed E-state index contributed by atoms with van der Waals surface area (Å²) < 4.78 is 11.3. The zero-order chi connectivity index (χ0) is 22.7. The Kier molecular flexibility index (Phi) is 7.18. The first-order chi connectivity index (χ1) is 15.5. The predicted octanol–water partition coefficient (Wildman–Crippen LogP) is 5.67. The van der Waals surface area contributed by atoms with Crippen LogP contribution < -0.4 is 15.4 Å². The molecule has 9 heteroatoms. The van der Waals surface area contributed by atoms with Gasteiger partial charge in [-0.2, -0.15) is 0 Å². The van der Waals surface area contributed by atoms with Crippen molar-refractivity contribution in [2.45, 2.75) is 45.6 Å². The summed E-state index contributed by atoms with van der Waals surface area (Å²) >= 11 is 13.3. The molecule has 170 valence electrons. The molecule has 7 nitrogen and oxygen atoms in total. The molecule has 32 heavy (non-hydrogen) atoms. The Labute approximate surface area is 197 Å². The van der Waals surface area contributed by atoms with E-state index in [1.54, 1.807) is 6.07 Å². The number of nitrogens with zero attached hydrogens (tertiary/aromatic N) is 3. The Morgan fingerprint density at radius 1 is 1.19 bits per heavy atom. The lowest BCUT2D eigenvalue weighted by molar-refractivity contribution is 0.310. The summed E-state index contributed by atoms with van der Waals surface area (Å²) in [7, 11) is 1.92. The standard InChI is InChI=1S/C23H27Cl2N5O2/c1-13-19(14(2)32-30-13)21-20(25)23(27-15-6-4-7-15)29-22(28-21)17-12-16(8-9-18(17)24)31-11-5-10-26-3/h8-9,12,15,26H,4-7,10-11H2,1-3H3,(H,27,28,29). The number of aromatic nitrogens is 3. The van der Waals surface area contributed by atoms with Crippen molar-refractivity contribution in [1.29, 1.82) is 0 Å². The molecule has 0 amide bonds. The molecule has 1 aromatic carbocycles. The summed E-state index contributed by atoms with van der Waals surface area (Å²) in [5.41, 5.74) is 2.74. The van der Waals surface area contributed by atoms with E-state index in [4.69, 9.17) is 42.4 Å². The van der Waals surface area contributed by atoms with E-state index >= 15 is 0 Å². The van der Waals surface area contributed by atoms with Gasteiger partial charge in [0.1, 0.15) is 28.0 Å². The van der Waals surface area contributed by atoms with E-state index in [0.717, 1.165) is 37.1 Å². The molecule has 0 atom stereocenters. The molecule has 4 rings (SSSR count). The Bertz CT molecular complexity index is 1080. The van der Waals surface area contributed by atoms with Gasteiger partial charge in [0.15, 0.2) is 5.82 Å². The van der Waals surface area contributed by atoms with Gasteiger partial charge in [-0.05, 0) is 71.3 Å². The maximum Gasteiger partial charge on any atom is 0.163 e. The SMILES string of the molecule is CNCCCOc1ccc(Cl)c(-c2nc(NC3CCC3)c(Cl)c(-c3c(C)noc3C)n2)c1. The van der Waals surface area contributed by atoms with Crippen LogP contribution in [0, 0.1) is 13.8 Å². The van der Waals surface area contributed by atoms with Crippen LogP contribution in [0.5, 0.6) is 5.75 Å². The van der Waals surface area contributed by atoms with Crippen molar-refractivity contribution in [3.05, 3.63) is 39.7 Å². The third kappa shape index (κ3) is 4.85. The van der Waals surface area contributed by atoms with Gasteiger partial charge in [-0.1, -0.05) is 28.4 Å². The van der Waals surface area contributed by atoms with E-state index in [0.29, 0.717) is 57.1 Å². The van der Waals surface area contributed by atoms with E-state index in [-0.39, 0.29) is 0 Å². The monoisotopic (exact) mass is 475 g/mol. The van der Waals surface area contributed by atoms with Crippen LogP contribution >= 0.6 is 23.2 Å². The highest BCUT2D eigenvalue weighted by Crippen LogP contribution is 2.39. The quantitative estimate of drug-likeness (QED) is 0.385. The number of rotatable bonds is 9. The summed E-state index contributed by atoms with van der Waals surface area (Å²) in [6.07, 6.45) is 4.28. The van der Waals surface area contributed by atoms with E-state index in [9.17, 15) is 0 Å². The van der Waals surface area contributed by atoms with E-state index in [2.05, 4.69) is 15.8 Å². The maximum absolute atomic E-state index is 6.78. The van der Waals surface area contributed by atoms with Gasteiger partial charge in [-0.3, -0.25) is 0 Å². The van der Waals surface area contributed by atoms with E-state index in [1.165, 1.54) is 6.42 Å². The molecule has 1 aliphatic carbocycles. The maximum atomic E-state index is 6.78. The molecule has 0 bridgehead atoms.